The van der Waals surface area contributed by atoms with Gasteiger partial charge in [0.25, 0.3) is 0 Å². The summed E-state index contributed by atoms with van der Waals surface area (Å²) in [6.45, 7) is 4.87. The molecular formula is C10H15NO5. The molecule has 0 bridgehead atoms. The van der Waals surface area contributed by atoms with Gasteiger partial charge in [-0.2, -0.15) is 0 Å². The van der Waals surface area contributed by atoms with Gasteiger partial charge in [-0.3, -0.25) is 0 Å². The molecule has 90 valence electrons. The molecule has 0 aliphatic rings. The van der Waals surface area contributed by atoms with Crippen LogP contribution < -0.4 is 5.32 Å². The highest BCUT2D eigenvalue weighted by Gasteiger charge is 2.28. The third-order valence-corrected chi connectivity index (χ3v) is 1.42. The average molecular weight is 229 g/mol. The van der Waals surface area contributed by atoms with Crippen molar-refractivity contribution in [3.05, 3.63) is 0 Å². The van der Waals surface area contributed by atoms with Gasteiger partial charge in [-0.05, 0) is 20.8 Å². The lowest BCUT2D eigenvalue weighted by Gasteiger charge is -2.22. The third-order valence-electron chi connectivity index (χ3n) is 1.42. The van der Waals surface area contributed by atoms with E-state index in [2.05, 4.69) is 0 Å². The van der Waals surface area contributed by atoms with Crippen LogP contribution in [-0.2, 0) is 9.53 Å². The lowest BCUT2D eigenvalue weighted by molar-refractivity contribution is -0.141. The van der Waals surface area contributed by atoms with Crippen molar-refractivity contribution in [1.82, 2.24) is 5.32 Å². The number of aliphatic hydroxyl groups is 1. The molecule has 1 amide bonds. The monoisotopic (exact) mass is 229 g/mol. The van der Waals surface area contributed by atoms with Gasteiger partial charge >= 0.3 is 12.1 Å². The number of carbonyl (C=O) groups is 2. The van der Waals surface area contributed by atoms with E-state index in [1.54, 1.807) is 20.8 Å². The molecular weight excluding hydrogens is 214 g/mol. The van der Waals surface area contributed by atoms with Crippen LogP contribution in [0.5, 0.6) is 0 Å². The smallest absolute Gasteiger partial charge is 0.408 e. The predicted molar refractivity (Wildman–Crippen MR) is 55.6 cm³/mol. The first-order chi connectivity index (χ1) is 7.17. The van der Waals surface area contributed by atoms with E-state index in [0.717, 1.165) is 0 Å². The van der Waals surface area contributed by atoms with Crippen molar-refractivity contribution in [3.8, 4) is 12.3 Å². The summed E-state index contributed by atoms with van der Waals surface area (Å²) in [6, 6.07) is -1.58. The molecule has 0 unspecified atom stereocenters. The van der Waals surface area contributed by atoms with Gasteiger partial charge in [0, 0.05) is 0 Å². The zero-order chi connectivity index (χ0) is 12.9. The van der Waals surface area contributed by atoms with Crippen molar-refractivity contribution in [3.63, 3.8) is 0 Å². The normalized spacial score (nSPS) is 14.4. The number of hydrogen-bond acceptors (Lipinski definition) is 4. The molecule has 6 nitrogen and oxygen atoms in total. The van der Waals surface area contributed by atoms with Crippen LogP contribution in [0, 0.1) is 12.3 Å². The van der Waals surface area contributed by atoms with Crippen LogP contribution in [0.2, 0.25) is 0 Å². The van der Waals surface area contributed by atoms with Crippen molar-refractivity contribution in [2.45, 2.75) is 38.5 Å². The fourth-order valence-electron chi connectivity index (χ4n) is 0.806. The van der Waals surface area contributed by atoms with Crippen molar-refractivity contribution in [1.29, 1.82) is 0 Å². The molecule has 0 saturated heterocycles. The lowest BCUT2D eigenvalue weighted by atomic mass is 10.2. The van der Waals surface area contributed by atoms with E-state index in [-0.39, 0.29) is 0 Å². The number of carboxylic acid groups (broad SMARTS) is 1. The van der Waals surface area contributed by atoms with E-state index < -0.39 is 29.8 Å². The maximum Gasteiger partial charge on any atom is 0.408 e. The van der Waals surface area contributed by atoms with Crippen molar-refractivity contribution >= 4 is 12.1 Å². The number of carboxylic acids is 1. The van der Waals surface area contributed by atoms with Gasteiger partial charge in [0.05, 0.1) is 0 Å². The first-order valence-corrected chi connectivity index (χ1v) is 4.54. The Morgan fingerprint density at radius 3 is 2.25 bits per heavy atom. The number of terminal acetylenes is 1. The molecule has 16 heavy (non-hydrogen) atoms. The first-order valence-electron chi connectivity index (χ1n) is 4.54. The largest absolute Gasteiger partial charge is 0.480 e. The molecule has 2 atom stereocenters. The Bertz CT molecular complexity index is 312. The number of ether oxygens (including phenoxy) is 1. The highest BCUT2D eigenvalue weighted by molar-refractivity contribution is 5.81. The molecule has 3 N–H and O–H groups in total. The molecule has 0 aliphatic heterocycles. The van der Waals surface area contributed by atoms with Gasteiger partial charge < -0.3 is 20.3 Å². The molecule has 0 heterocycles. The summed E-state index contributed by atoms with van der Waals surface area (Å²) < 4.78 is 4.82. The molecule has 0 aromatic carbocycles. The number of amides is 1. The quantitative estimate of drug-likeness (QED) is 0.590. The molecule has 0 aromatic heterocycles. The van der Waals surface area contributed by atoms with E-state index in [4.69, 9.17) is 21.4 Å². The highest BCUT2D eigenvalue weighted by Crippen LogP contribution is 2.07. The number of aliphatic carboxylic acids is 1. The number of nitrogens with one attached hydrogen (secondary N) is 1. The topological polar surface area (TPSA) is 95.9 Å². The second kappa shape index (κ2) is 5.37. The molecule has 0 radical (unpaired) electrons. The Hall–Kier alpha value is -1.74. The second-order valence-corrected chi connectivity index (χ2v) is 4.07. The fraction of sp³-hybridized carbons (Fsp3) is 0.600. The van der Waals surface area contributed by atoms with Gasteiger partial charge in [-0.15, -0.1) is 6.42 Å². The van der Waals surface area contributed by atoms with Crippen LogP contribution in [0.25, 0.3) is 0 Å². The summed E-state index contributed by atoms with van der Waals surface area (Å²) in [5.41, 5.74) is -0.756. The fourth-order valence-corrected chi connectivity index (χ4v) is 0.806. The average Bonchev–Trinajstić information content (AvgIpc) is 2.09. The third kappa shape index (κ3) is 5.22. The summed E-state index contributed by atoms with van der Waals surface area (Å²) in [7, 11) is 0. The number of alkyl carbamates (subject to hydrolysis) is 1. The van der Waals surface area contributed by atoms with Crippen LogP contribution in [-0.4, -0.2) is 40.0 Å². The van der Waals surface area contributed by atoms with Crippen LogP contribution in [0.4, 0.5) is 4.79 Å². The van der Waals surface area contributed by atoms with Gasteiger partial charge in [-0.1, -0.05) is 5.92 Å². The first kappa shape index (κ1) is 14.3. The molecule has 0 spiro atoms. The van der Waals surface area contributed by atoms with E-state index in [0.29, 0.717) is 0 Å². The number of carbonyl (C=O) groups excluding carboxylic acids is 1. The standard InChI is InChI=1S/C10H15NO5/c1-5-6(12)7(8(13)14)11-9(15)16-10(2,3)4/h1,6-7,12H,2-4H3,(H,11,15)(H,13,14)/t6-,7+/m1/s1. The Labute approximate surface area is 93.6 Å². The molecule has 6 heteroatoms. The number of aliphatic hydroxyl groups excluding tert-OH is 1. The summed E-state index contributed by atoms with van der Waals surface area (Å²) in [4.78, 5) is 21.9. The Balaban J connectivity index is 4.49. The maximum atomic E-state index is 11.2. The molecule has 0 rings (SSSR count). The van der Waals surface area contributed by atoms with Crippen molar-refractivity contribution in [2.75, 3.05) is 0 Å². The van der Waals surface area contributed by atoms with Crippen LogP contribution in [0.3, 0.4) is 0 Å². The maximum absolute atomic E-state index is 11.2. The van der Waals surface area contributed by atoms with Crippen molar-refractivity contribution < 1.29 is 24.5 Å². The van der Waals surface area contributed by atoms with Gasteiger partial charge in [0.1, 0.15) is 11.7 Å². The number of hydrogen-bond donors (Lipinski definition) is 3. The molecule has 0 aliphatic carbocycles. The predicted octanol–water partition coefficient (Wildman–Crippen LogP) is -0.0416. The minimum absolute atomic E-state index is 0.756. The zero-order valence-electron chi connectivity index (χ0n) is 9.35. The lowest BCUT2D eigenvalue weighted by Crippen LogP contribution is -2.49. The van der Waals surface area contributed by atoms with E-state index in [1.165, 1.54) is 0 Å². The number of rotatable bonds is 3. The molecule has 0 fully saturated rings. The van der Waals surface area contributed by atoms with Gasteiger partial charge in [-0.25, -0.2) is 9.59 Å². The van der Waals surface area contributed by atoms with Gasteiger partial charge in [0.2, 0.25) is 0 Å². The SMILES string of the molecule is C#C[C@@H](O)[C@H](NC(=O)OC(C)(C)C)C(=O)O. The molecule has 0 aromatic rings. The minimum atomic E-state index is -1.61. The summed E-state index contributed by atoms with van der Waals surface area (Å²) in [6.07, 6.45) is 2.30. The van der Waals surface area contributed by atoms with E-state index in [9.17, 15) is 9.59 Å². The molecule has 0 saturated carbocycles. The Morgan fingerprint density at radius 1 is 1.44 bits per heavy atom. The second-order valence-electron chi connectivity index (χ2n) is 4.07. The van der Waals surface area contributed by atoms with E-state index in [1.807, 2.05) is 11.2 Å². The summed E-state index contributed by atoms with van der Waals surface area (Å²) in [5.74, 6) is 0.385. The van der Waals surface area contributed by atoms with Crippen molar-refractivity contribution in [2.24, 2.45) is 0 Å². The minimum Gasteiger partial charge on any atom is -0.480 e. The summed E-state index contributed by atoms with van der Waals surface area (Å²) >= 11 is 0. The van der Waals surface area contributed by atoms with Crippen LogP contribution >= 0.6 is 0 Å². The zero-order valence-corrected chi connectivity index (χ0v) is 9.35. The van der Waals surface area contributed by atoms with E-state index >= 15 is 0 Å². The Morgan fingerprint density at radius 2 is 1.94 bits per heavy atom. The van der Waals surface area contributed by atoms with Crippen LogP contribution in [0.15, 0.2) is 0 Å². The van der Waals surface area contributed by atoms with Crippen LogP contribution in [0.1, 0.15) is 20.8 Å². The summed E-state index contributed by atoms with van der Waals surface area (Å²) in [5, 5.41) is 19.8. The Kier molecular flexibility index (Phi) is 4.79. The van der Waals surface area contributed by atoms with Gasteiger partial charge in [0.15, 0.2) is 6.04 Å². The highest BCUT2D eigenvalue weighted by atomic mass is 16.6.